The van der Waals surface area contributed by atoms with E-state index in [0.717, 1.165) is 49.9 Å². The van der Waals surface area contributed by atoms with Gasteiger partial charge in [0.05, 0.1) is 12.8 Å². The number of nitrogens with zero attached hydrogens (tertiary/aromatic N) is 2. The summed E-state index contributed by atoms with van der Waals surface area (Å²) in [6.07, 6.45) is 2.77. The molecule has 4 aromatic carbocycles. The van der Waals surface area contributed by atoms with Crippen molar-refractivity contribution < 1.29 is 22.3 Å². The lowest BCUT2D eigenvalue weighted by Crippen LogP contribution is -2.49. The molecule has 4 aromatic rings. The van der Waals surface area contributed by atoms with Crippen LogP contribution >= 0.6 is 0 Å². The predicted octanol–water partition coefficient (Wildman–Crippen LogP) is 6.37. The number of amides is 2. The molecule has 8 nitrogen and oxygen atoms in total. The van der Waals surface area contributed by atoms with Gasteiger partial charge in [0.25, 0.3) is 0 Å². The minimum Gasteiger partial charge on any atom is -0.457 e. The maximum absolute atomic E-state index is 13.6. The van der Waals surface area contributed by atoms with Crippen molar-refractivity contribution in [2.24, 2.45) is 0 Å². The molecule has 1 aliphatic heterocycles. The Bertz CT molecular complexity index is 1590. The molecule has 1 heterocycles. The Kier molecular flexibility index (Phi) is 9.58. The molecule has 0 aliphatic carbocycles. The van der Waals surface area contributed by atoms with Gasteiger partial charge in [0.1, 0.15) is 17.3 Å². The second-order valence-electron chi connectivity index (χ2n) is 10.7. The van der Waals surface area contributed by atoms with Gasteiger partial charge in [-0.15, -0.1) is 0 Å². The Hall–Kier alpha value is -4.41. The number of hydrogen-bond acceptors (Lipinski definition) is 5. The van der Waals surface area contributed by atoms with Gasteiger partial charge in [-0.25, -0.2) is 17.6 Å². The summed E-state index contributed by atoms with van der Waals surface area (Å²) in [6.45, 7) is 2.89. The summed E-state index contributed by atoms with van der Waals surface area (Å²) in [5, 5.41) is 3.20. The predicted molar refractivity (Wildman–Crippen MR) is 167 cm³/mol. The molecule has 0 aromatic heterocycles. The largest absolute Gasteiger partial charge is 0.457 e. The van der Waals surface area contributed by atoms with E-state index in [-0.39, 0.29) is 17.9 Å². The van der Waals surface area contributed by atoms with E-state index in [2.05, 4.69) is 14.9 Å². The molecular weight excluding hydrogens is 567 g/mol. The molecule has 1 saturated heterocycles. The van der Waals surface area contributed by atoms with E-state index in [1.807, 2.05) is 54.6 Å². The fraction of sp³-hybridized carbons (Fsp3) is 0.242. The average molecular weight is 603 g/mol. The zero-order valence-corrected chi connectivity index (χ0v) is 24.8. The minimum absolute atomic E-state index is 0.0530. The Morgan fingerprint density at radius 2 is 1.47 bits per heavy atom. The van der Waals surface area contributed by atoms with Gasteiger partial charge in [0.15, 0.2) is 0 Å². The molecule has 43 heavy (non-hydrogen) atoms. The number of sulfonamides is 1. The van der Waals surface area contributed by atoms with Crippen LogP contribution in [0.2, 0.25) is 0 Å². The number of urea groups is 1. The average Bonchev–Trinajstić information content (AvgIpc) is 2.99. The molecule has 0 bridgehead atoms. The van der Waals surface area contributed by atoms with Crippen molar-refractivity contribution in [2.45, 2.75) is 32.0 Å². The number of anilines is 2. The summed E-state index contributed by atoms with van der Waals surface area (Å²) in [5.74, 6) is 0.960. The topological polar surface area (TPSA) is 91.0 Å². The van der Waals surface area contributed by atoms with Gasteiger partial charge in [0.2, 0.25) is 10.0 Å². The monoisotopic (exact) mass is 602 g/mol. The maximum atomic E-state index is 13.6. The molecule has 2 amide bonds. The fourth-order valence-corrected chi connectivity index (χ4v) is 5.58. The summed E-state index contributed by atoms with van der Waals surface area (Å²) in [6, 6.07) is 30.3. The summed E-state index contributed by atoms with van der Waals surface area (Å²) < 4.78 is 44.6. The number of hydrogen-bond donors (Lipinski definition) is 2. The highest BCUT2D eigenvalue weighted by atomic mass is 32.2. The van der Waals surface area contributed by atoms with Crippen molar-refractivity contribution >= 4 is 27.4 Å². The van der Waals surface area contributed by atoms with Gasteiger partial charge in [0, 0.05) is 37.1 Å². The third kappa shape index (κ3) is 9.04. The minimum atomic E-state index is -3.33. The molecule has 0 atom stereocenters. The SMILES string of the molecule is CS(=O)(=O)Nc1ccc(Oc2ccc(CN3CCC(NC(=O)N(Cc4ccccc4)c4ccc(F)cc4)CC3)cc2)cc1. The van der Waals surface area contributed by atoms with Crippen LogP contribution < -0.4 is 19.7 Å². The van der Waals surface area contributed by atoms with Crippen molar-refractivity contribution in [1.29, 1.82) is 0 Å². The van der Waals surface area contributed by atoms with E-state index in [9.17, 15) is 17.6 Å². The van der Waals surface area contributed by atoms with E-state index < -0.39 is 10.0 Å². The number of nitrogens with one attached hydrogen (secondary N) is 2. The first kappa shape index (κ1) is 30.1. The highest BCUT2D eigenvalue weighted by Crippen LogP contribution is 2.25. The molecule has 0 unspecified atom stereocenters. The Morgan fingerprint density at radius 3 is 2.07 bits per heavy atom. The summed E-state index contributed by atoms with van der Waals surface area (Å²) in [5.41, 5.74) is 3.28. The molecule has 1 aliphatic rings. The normalized spacial score (nSPS) is 14.2. The van der Waals surface area contributed by atoms with E-state index >= 15 is 0 Å². The number of carbonyl (C=O) groups excluding carboxylic acids is 1. The quantitative estimate of drug-likeness (QED) is 0.220. The number of carbonyl (C=O) groups is 1. The van der Waals surface area contributed by atoms with Gasteiger partial charge in [-0.05, 0) is 84.6 Å². The lowest BCUT2D eigenvalue weighted by atomic mass is 10.0. The van der Waals surface area contributed by atoms with Crippen molar-refractivity contribution in [3.63, 3.8) is 0 Å². The van der Waals surface area contributed by atoms with E-state index in [1.54, 1.807) is 41.3 Å². The number of likely N-dealkylation sites (tertiary alicyclic amines) is 1. The van der Waals surface area contributed by atoms with Crippen LogP contribution in [0.4, 0.5) is 20.6 Å². The van der Waals surface area contributed by atoms with Crippen molar-refractivity contribution in [3.05, 3.63) is 120 Å². The van der Waals surface area contributed by atoms with Crippen molar-refractivity contribution in [1.82, 2.24) is 10.2 Å². The van der Waals surface area contributed by atoms with Gasteiger partial charge in [-0.1, -0.05) is 42.5 Å². The lowest BCUT2D eigenvalue weighted by Gasteiger charge is -2.34. The molecule has 0 radical (unpaired) electrons. The fourth-order valence-electron chi connectivity index (χ4n) is 5.02. The smallest absolute Gasteiger partial charge is 0.322 e. The number of benzene rings is 4. The van der Waals surface area contributed by atoms with Crippen molar-refractivity contribution in [2.75, 3.05) is 29.0 Å². The molecule has 2 N–H and O–H groups in total. The van der Waals surface area contributed by atoms with Crippen LogP contribution in [-0.4, -0.2) is 44.7 Å². The molecule has 0 spiro atoms. The highest BCUT2D eigenvalue weighted by Gasteiger charge is 2.24. The van der Waals surface area contributed by atoms with E-state index in [0.29, 0.717) is 29.4 Å². The number of ether oxygens (including phenoxy) is 1. The number of rotatable bonds is 10. The zero-order chi connectivity index (χ0) is 30.2. The van der Waals surface area contributed by atoms with Crippen molar-refractivity contribution in [3.8, 4) is 11.5 Å². The van der Waals surface area contributed by atoms with E-state index in [4.69, 9.17) is 4.74 Å². The van der Waals surface area contributed by atoms with Crippen LogP contribution in [0.3, 0.4) is 0 Å². The zero-order valence-electron chi connectivity index (χ0n) is 23.9. The summed E-state index contributed by atoms with van der Waals surface area (Å²) >= 11 is 0. The second-order valence-corrected chi connectivity index (χ2v) is 12.4. The molecule has 10 heteroatoms. The van der Waals surface area contributed by atoms with Crippen LogP contribution in [0, 0.1) is 5.82 Å². The van der Waals surface area contributed by atoms with Crippen LogP contribution in [0.15, 0.2) is 103 Å². The standard InChI is InChI=1S/C33H35FN4O4S/c1-43(40,41)36-29-11-17-32(18-12-29)42-31-15-7-26(8-16-31)23-37-21-19-28(20-22-37)35-33(39)38(24-25-5-3-2-4-6-25)30-13-9-27(34)10-14-30/h2-18,28,36H,19-24H2,1H3,(H,35,39). The highest BCUT2D eigenvalue weighted by molar-refractivity contribution is 7.92. The first-order valence-corrected chi connectivity index (χ1v) is 16.0. The van der Waals surface area contributed by atoms with Gasteiger partial charge in [-0.2, -0.15) is 0 Å². The Labute approximate surface area is 252 Å². The number of halogens is 1. The van der Waals surface area contributed by atoms with Crippen LogP contribution in [0.1, 0.15) is 24.0 Å². The third-order valence-electron chi connectivity index (χ3n) is 7.20. The molecule has 224 valence electrons. The third-order valence-corrected chi connectivity index (χ3v) is 7.81. The van der Waals surface area contributed by atoms with Crippen LogP contribution in [-0.2, 0) is 23.1 Å². The lowest BCUT2D eigenvalue weighted by molar-refractivity contribution is 0.188. The van der Waals surface area contributed by atoms with Crippen LogP contribution in [0.5, 0.6) is 11.5 Å². The first-order chi connectivity index (χ1) is 20.7. The van der Waals surface area contributed by atoms with Crippen LogP contribution in [0.25, 0.3) is 0 Å². The van der Waals surface area contributed by atoms with Gasteiger partial charge in [-0.3, -0.25) is 14.5 Å². The maximum Gasteiger partial charge on any atom is 0.322 e. The number of piperidine rings is 1. The molecular formula is C33H35FN4O4S. The summed E-state index contributed by atoms with van der Waals surface area (Å²) in [4.78, 5) is 17.4. The Morgan fingerprint density at radius 1 is 0.860 bits per heavy atom. The second kappa shape index (κ2) is 13.7. The molecule has 1 fully saturated rings. The summed E-state index contributed by atoms with van der Waals surface area (Å²) in [7, 11) is -3.33. The molecule has 5 rings (SSSR count). The van der Waals surface area contributed by atoms with E-state index in [1.165, 1.54) is 12.1 Å². The Balaban J connectivity index is 1.11. The van der Waals surface area contributed by atoms with Gasteiger partial charge < -0.3 is 10.1 Å². The molecule has 0 saturated carbocycles. The van der Waals surface area contributed by atoms with Gasteiger partial charge >= 0.3 is 6.03 Å². The first-order valence-electron chi connectivity index (χ1n) is 14.1.